The highest BCUT2D eigenvalue weighted by atomic mass is 28.4. The minimum Gasteiger partial charge on any atom is -0.454 e. The van der Waals surface area contributed by atoms with E-state index in [0.717, 1.165) is 32.1 Å². The number of carbonyl (C=O) groups excluding carboxylic acids is 1. The quantitative estimate of drug-likeness (QED) is 0.0326. The average molecular weight is 729 g/mol. The van der Waals surface area contributed by atoms with Gasteiger partial charge in [-0.05, 0) is 63.1 Å². The summed E-state index contributed by atoms with van der Waals surface area (Å²) in [6.07, 6.45) is 22.5. The second kappa shape index (κ2) is 27.7. The molecule has 0 aliphatic carbocycles. The molecule has 0 spiro atoms. The standard InChI is InChI=1S/C41H80O8Si/c1-9-11-13-15-16-17-18-19-20-21-22-23-24-26-28-30-36(42)49-39-38(46-32-31-34(45-6)29-27-25-14-12-10-2)37(43)35(48-40(39)44)33-47-50(7,8)41(3,4)5/h17-18,34-35,37-40,43-44H,9-16,19-33H2,1-8H3/b18-17-/t34-,35+,37+,38-,39+,40-/m0/s1. The average Bonchev–Trinajstić information content (AvgIpc) is 3.07. The van der Waals surface area contributed by atoms with E-state index in [1.54, 1.807) is 7.11 Å². The fraction of sp³-hybridized carbons (Fsp3) is 0.927. The minimum atomic E-state index is -2.13. The summed E-state index contributed by atoms with van der Waals surface area (Å²) in [5.41, 5.74) is 0. The summed E-state index contributed by atoms with van der Waals surface area (Å²) >= 11 is 0. The second-order valence-electron chi connectivity index (χ2n) is 16.1. The summed E-state index contributed by atoms with van der Waals surface area (Å²) in [6, 6.07) is 0. The van der Waals surface area contributed by atoms with E-state index < -0.39 is 45.0 Å². The summed E-state index contributed by atoms with van der Waals surface area (Å²) in [6.45, 7) is 15.6. The van der Waals surface area contributed by atoms with Crippen molar-refractivity contribution < 1.29 is 38.4 Å². The smallest absolute Gasteiger partial charge is 0.306 e. The molecular weight excluding hydrogens is 649 g/mol. The third-order valence-corrected chi connectivity index (χ3v) is 15.2. The Morgan fingerprint density at radius 2 is 1.32 bits per heavy atom. The van der Waals surface area contributed by atoms with Crippen LogP contribution < -0.4 is 0 Å². The van der Waals surface area contributed by atoms with Crippen molar-refractivity contribution >= 4 is 14.3 Å². The van der Waals surface area contributed by atoms with Crippen molar-refractivity contribution in [2.24, 2.45) is 0 Å². The Balaban J connectivity index is 2.58. The number of unbranched alkanes of at least 4 members (excludes halogenated alkanes) is 15. The number of methoxy groups -OCH3 is 1. The van der Waals surface area contributed by atoms with Crippen molar-refractivity contribution in [1.29, 1.82) is 0 Å². The SMILES string of the molecule is CCCCCC/C=C\CCCCCCCCCC(=O)O[C@@H]1[C@@H](OCC[C@H](CCCCCCC)OC)[C@H](O)[C@@H](CO[Si](C)(C)C(C)(C)C)O[C@@H]1O. The van der Waals surface area contributed by atoms with Crippen LogP contribution in [0.4, 0.5) is 0 Å². The van der Waals surface area contributed by atoms with E-state index in [1.807, 2.05) is 0 Å². The zero-order chi connectivity index (χ0) is 37.3. The number of ether oxygens (including phenoxy) is 4. The van der Waals surface area contributed by atoms with Gasteiger partial charge in [-0.15, -0.1) is 0 Å². The van der Waals surface area contributed by atoms with Crippen molar-refractivity contribution in [2.75, 3.05) is 20.3 Å². The molecule has 0 unspecified atom stereocenters. The van der Waals surface area contributed by atoms with Gasteiger partial charge in [0.05, 0.1) is 12.7 Å². The molecule has 0 bridgehead atoms. The number of aliphatic hydroxyl groups excluding tert-OH is 2. The molecule has 9 heteroatoms. The predicted octanol–water partition coefficient (Wildman–Crippen LogP) is 10.2. The number of allylic oxidation sites excluding steroid dienone is 2. The molecule has 1 aliphatic heterocycles. The van der Waals surface area contributed by atoms with Gasteiger partial charge in [0, 0.05) is 20.1 Å². The summed E-state index contributed by atoms with van der Waals surface area (Å²) in [5.74, 6) is -0.405. The van der Waals surface area contributed by atoms with Crippen molar-refractivity contribution in [3.63, 3.8) is 0 Å². The van der Waals surface area contributed by atoms with Crippen LogP contribution in [0, 0.1) is 0 Å². The van der Waals surface area contributed by atoms with E-state index in [2.05, 4.69) is 59.9 Å². The molecule has 1 heterocycles. The van der Waals surface area contributed by atoms with Gasteiger partial charge in [-0.2, -0.15) is 0 Å². The molecule has 50 heavy (non-hydrogen) atoms. The molecule has 1 saturated heterocycles. The summed E-state index contributed by atoms with van der Waals surface area (Å²) < 4.78 is 29.9. The molecule has 8 nitrogen and oxygen atoms in total. The Morgan fingerprint density at radius 3 is 1.90 bits per heavy atom. The van der Waals surface area contributed by atoms with Crippen LogP contribution in [0.3, 0.4) is 0 Å². The highest BCUT2D eigenvalue weighted by molar-refractivity contribution is 6.74. The molecule has 296 valence electrons. The summed E-state index contributed by atoms with van der Waals surface area (Å²) in [4.78, 5) is 12.9. The van der Waals surface area contributed by atoms with Gasteiger partial charge in [-0.25, -0.2) is 0 Å². The third-order valence-electron chi connectivity index (χ3n) is 10.7. The van der Waals surface area contributed by atoms with Gasteiger partial charge in [-0.1, -0.05) is 130 Å². The first-order chi connectivity index (χ1) is 23.9. The lowest BCUT2D eigenvalue weighted by Crippen LogP contribution is -2.61. The Bertz CT molecular complexity index is 860. The molecule has 2 N–H and O–H groups in total. The van der Waals surface area contributed by atoms with Crippen LogP contribution in [0.25, 0.3) is 0 Å². The van der Waals surface area contributed by atoms with Crippen molar-refractivity contribution in [3.8, 4) is 0 Å². The number of esters is 1. The lowest BCUT2D eigenvalue weighted by molar-refractivity contribution is -0.297. The minimum absolute atomic E-state index is 0.0184. The first-order valence-corrected chi connectivity index (χ1v) is 23.4. The van der Waals surface area contributed by atoms with Crippen LogP contribution in [-0.2, 0) is 28.2 Å². The Labute approximate surface area is 308 Å². The van der Waals surface area contributed by atoms with Crippen molar-refractivity contribution in [1.82, 2.24) is 0 Å². The van der Waals surface area contributed by atoms with Crippen LogP contribution >= 0.6 is 0 Å². The maximum Gasteiger partial charge on any atom is 0.306 e. The lowest BCUT2D eigenvalue weighted by Gasteiger charge is -2.44. The number of aliphatic hydroxyl groups is 2. The molecule has 0 amide bonds. The summed E-state index contributed by atoms with van der Waals surface area (Å²) in [5, 5.41) is 22.5. The molecule has 6 atom stereocenters. The van der Waals surface area contributed by atoms with Gasteiger partial charge in [0.15, 0.2) is 20.7 Å². The van der Waals surface area contributed by atoms with Crippen LogP contribution in [0.15, 0.2) is 12.2 Å². The number of carbonyl (C=O) groups is 1. The van der Waals surface area contributed by atoms with E-state index in [9.17, 15) is 15.0 Å². The second-order valence-corrected chi connectivity index (χ2v) is 20.9. The Morgan fingerprint density at radius 1 is 0.780 bits per heavy atom. The molecule has 1 fully saturated rings. The Hall–Kier alpha value is -0.813. The van der Waals surface area contributed by atoms with E-state index in [1.165, 1.54) is 89.9 Å². The Kier molecular flexibility index (Phi) is 26.2. The van der Waals surface area contributed by atoms with Crippen LogP contribution in [0.2, 0.25) is 18.1 Å². The molecule has 0 aromatic carbocycles. The zero-order valence-electron chi connectivity index (χ0n) is 33.7. The first kappa shape index (κ1) is 47.2. The molecule has 0 aromatic rings. The van der Waals surface area contributed by atoms with Gasteiger partial charge in [0.1, 0.15) is 18.3 Å². The largest absolute Gasteiger partial charge is 0.454 e. The van der Waals surface area contributed by atoms with Crippen molar-refractivity contribution in [2.45, 2.75) is 224 Å². The van der Waals surface area contributed by atoms with Crippen molar-refractivity contribution in [3.05, 3.63) is 12.2 Å². The number of hydrogen-bond donors (Lipinski definition) is 2. The molecule has 0 radical (unpaired) electrons. The summed E-state index contributed by atoms with van der Waals surface area (Å²) in [7, 11) is -0.412. The van der Waals surface area contributed by atoms with Crippen LogP contribution in [0.5, 0.6) is 0 Å². The molecule has 0 saturated carbocycles. The van der Waals surface area contributed by atoms with Crippen LogP contribution in [0.1, 0.15) is 169 Å². The predicted molar refractivity (Wildman–Crippen MR) is 208 cm³/mol. The first-order valence-electron chi connectivity index (χ1n) is 20.5. The van der Waals surface area contributed by atoms with E-state index in [-0.39, 0.29) is 24.2 Å². The maximum absolute atomic E-state index is 12.9. The topological polar surface area (TPSA) is 104 Å². The molecule has 1 rings (SSSR count). The van der Waals surface area contributed by atoms with Gasteiger partial charge in [0.25, 0.3) is 0 Å². The van der Waals surface area contributed by atoms with Gasteiger partial charge in [-0.3, -0.25) is 4.79 Å². The molecule has 1 aliphatic rings. The van der Waals surface area contributed by atoms with Gasteiger partial charge >= 0.3 is 5.97 Å². The van der Waals surface area contributed by atoms with E-state index in [4.69, 9.17) is 23.4 Å². The number of rotatable bonds is 30. The van der Waals surface area contributed by atoms with E-state index >= 15 is 0 Å². The fourth-order valence-corrected chi connectivity index (χ4v) is 7.12. The van der Waals surface area contributed by atoms with E-state index in [0.29, 0.717) is 13.0 Å². The van der Waals surface area contributed by atoms with Gasteiger partial charge < -0.3 is 33.6 Å². The molecular formula is C41H80O8Si. The number of hydrogen-bond acceptors (Lipinski definition) is 8. The lowest BCUT2D eigenvalue weighted by atomic mass is 9.98. The zero-order valence-corrected chi connectivity index (χ0v) is 34.7. The fourth-order valence-electron chi connectivity index (χ4n) is 6.11. The highest BCUT2D eigenvalue weighted by Crippen LogP contribution is 2.37. The highest BCUT2D eigenvalue weighted by Gasteiger charge is 2.49. The monoisotopic (exact) mass is 729 g/mol. The van der Waals surface area contributed by atoms with Crippen LogP contribution in [-0.4, -0.2) is 81.6 Å². The molecule has 0 aromatic heterocycles. The van der Waals surface area contributed by atoms with Gasteiger partial charge in [0.2, 0.25) is 0 Å². The maximum atomic E-state index is 12.9. The third kappa shape index (κ3) is 20.4. The normalized spacial score (nSPS) is 22.3.